The van der Waals surface area contributed by atoms with E-state index in [9.17, 15) is 9.59 Å². The van der Waals surface area contributed by atoms with Crippen LogP contribution in [0.15, 0.2) is 4.79 Å². The molecule has 0 aromatic carbocycles. The molecule has 0 radical (unpaired) electrons. The van der Waals surface area contributed by atoms with Gasteiger partial charge in [0.2, 0.25) is 0 Å². The zero-order valence-corrected chi connectivity index (χ0v) is 9.35. The Morgan fingerprint density at radius 2 is 2.20 bits per heavy atom. The van der Waals surface area contributed by atoms with E-state index in [0.29, 0.717) is 17.9 Å². The predicted molar refractivity (Wildman–Crippen MR) is 57.3 cm³/mol. The standard InChI is InChI=1S/C7H13N5O2S/c1-11(2)5(13)8-3-4-12-6(14)9-10-7(12)15/h3-4H2,1-2H3,(H,8,13)(H,9,14)(H,10,15). The van der Waals surface area contributed by atoms with Crippen molar-refractivity contribution < 1.29 is 4.79 Å². The third kappa shape index (κ3) is 2.94. The highest BCUT2D eigenvalue weighted by Crippen LogP contribution is 1.82. The molecule has 0 aliphatic carbocycles. The van der Waals surface area contributed by atoms with Gasteiger partial charge in [0, 0.05) is 27.2 Å². The summed E-state index contributed by atoms with van der Waals surface area (Å²) < 4.78 is 1.66. The van der Waals surface area contributed by atoms with Crippen LogP contribution in [0.2, 0.25) is 0 Å². The molecule has 0 atom stereocenters. The maximum atomic E-state index is 11.1. The van der Waals surface area contributed by atoms with E-state index in [1.807, 2.05) is 0 Å². The molecule has 7 nitrogen and oxygen atoms in total. The minimum Gasteiger partial charge on any atom is -0.336 e. The van der Waals surface area contributed by atoms with Gasteiger partial charge in [-0.1, -0.05) is 0 Å². The molecule has 0 saturated heterocycles. The number of aromatic nitrogens is 3. The molecular weight excluding hydrogens is 218 g/mol. The summed E-state index contributed by atoms with van der Waals surface area (Å²) in [4.78, 5) is 23.7. The topological polar surface area (TPSA) is 85.9 Å². The van der Waals surface area contributed by atoms with Crippen molar-refractivity contribution in [1.29, 1.82) is 0 Å². The second kappa shape index (κ2) is 4.78. The Morgan fingerprint density at radius 1 is 1.53 bits per heavy atom. The lowest BCUT2D eigenvalue weighted by molar-refractivity contribution is 0.217. The fraction of sp³-hybridized carbons (Fsp3) is 0.571. The van der Waals surface area contributed by atoms with Crippen LogP contribution in [0.3, 0.4) is 0 Å². The van der Waals surface area contributed by atoms with Crippen LogP contribution in [0.5, 0.6) is 0 Å². The number of urea groups is 1. The Balaban J connectivity index is 2.49. The van der Waals surface area contributed by atoms with E-state index in [1.165, 1.54) is 9.47 Å². The number of carbonyl (C=O) groups excluding carboxylic acids is 1. The van der Waals surface area contributed by atoms with Gasteiger partial charge in [-0.3, -0.25) is 9.67 Å². The number of hydrogen-bond donors (Lipinski definition) is 3. The first kappa shape index (κ1) is 11.5. The molecule has 0 aliphatic heterocycles. The molecule has 15 heavy (non-hydrogen) atoms. The molecule has 0 spiro atoms. The van der Waals surface area contributed by atoms with Gasteiger partial charge in [-0.05, 0) is 12.2 Å². The quantitative estimate of drug-likeness (QED) is 0.613. The fourth-order valence-corrected chi connectivity index (χ4v) is 1.20. The van der Waals surface area contributed by atoms with Gasteiger partial charge in [0.05, 0.1) is 0 Å². The average Bonchev–Trinajstić information content (AvgIpc) is 2.48. The Morgan fingerprint density at radius 3 is 2.67 bits per heavy atom. The van der Waals surface area contributed by atoms with Crippen LogP contribution >= 0.6 is 12.2 Å². The second-order valence-electron chi connectivity index (χ2n) is 3.14. The van der Waals surface area contributed by atoms with Crippen molar-refractivity contribution in [2.45, 2.75) is 6.54 Å². The first-order chi connectivity index (χ1) is 7.02. The minimum absolute atomic E-state index is 0.200. The summed E-state index contributed by atoms with van der Waals surface area (Å²) in [6, 6.07) is -0.200. The second-order valence-corrected chi connectivity index (χ2v) is 3.52. The van der Waals surface area contributed by atoms with Gasteiger partial charge in [0.25, 0.3) is 0 Å². The van der Waals surface area contributed by atoms with Gasteiger partial charge >= 0.3 is 11.7 Å². The summed E-state index contributed by atoms with van der Waals surface area (Å²) >= 11 is 4.86. The first-order valence-corrected chi connectivity index (χ1v) is 4.76. The Bertz CT molecular complexity index is 415. The van der Waals surface area contributed by atoms with Crippen molar-refractivity contribution in [3.8, 4) is 0 Å². The largest absolute Gasteiger partial charge is 0.342 e. The van der Waals surface area contributed by atoms with Crippen LogP contribution < -0.4 is 11.0 Å². The normalized spacial score (nSPS) is 10.0. The van der Waals surface area contributed by atoms with Crippen LogP contribution in [-0.4, -0.2) is 46.3 Å². The van der Waals surface area contributed by atoms with E-state index < -0.39 is 0 Å². The Labute approximate surface area is 91.1 Å². The predicted octanol–water partition coefficient (Wildman–Crippen LogP) is -0.495. The van der Waals surface area contributed by atoms with Gasteiger partial charge in [-0.2, -0.15) is 0 Å². The van der Waals surface area contributed by atoms with E-state index >= 15 is 0 Å². The molecule has 84 valence electrons. The fourth-order valence-electron chi connectivity index (χ4n) is 0.970. The third-order valence-corrected chi connectivity index (χ3v) is 2.11. The van der Waals surface area contributed by atoms with E-state index in [2.05, 4.69) is 15.5 Å². The average molecular weight is 231 g/mol. The zero-order chi connectivity index (χ0) is 11.4. The van der Waals surface area contributed by atoms with Crippen LogP contribution in [0.25, 0.3) is 0 Å². The van der Waals surface area contributed by atoms with Crippen molar-refractivity contribution in [3.05, 3.63) is 15.3 Å². The number of rotatable bonds is 3. The molecular formula is C7H13N5O2S. The monoisotopic (exact) mass is 231 g/mol. The minimum atomic E-state index is -0.306. The van der Waals surface area contributed by atoms with Gasteiger partial charge in [-0.25, -0.2) is 14.7 Å². The van der Waals surface area contributed by atoms with E-state index in [1.54, 1.807) is 14.1 Å². The van der Waals surface area contributed by atoms with Crippen molar-refractivity contribution in [3.63, 3.8) is 0 Å². The molecule has 1 rings (SSSR count). The number of amides is 2. The molecule has 1 aromatic heterocycles. The third-order valence-electron chi connectivity index (χ3n) is 1.78. The van der Waals surface area contributed by atoms with E-state index in [0.717, 1.165) is 0 Å². The molecule has 1 heterocycles. The number of nitrogens with one attached hydrogen (secondary N) is 3. The summed E-state index contributed by atoms with van der Waals surface area (Å²) in [6.45, 7) is 0.698. The highest BCUT2D eigenvalue weighted by molar-refractivity contribution is 7.71. The van der Waals surface area contributed by atoms with Crippen molar-refractivity contribution in [2.75, 3.05) is 20.6 Å². The van der Waals surface area contributed by atoms with Gasteiger partial charge in [-0.15, -0.1) is 0 Å². The molecule has 2 amide bonds. The van der Waals surface area contributed by atoms with Crippen molar-refractivity contribution in [1.82, 2.24) is 25.0 Å². The number of carbonyl (C=O) groups is 1. The summed E-state index contributed by atoms with van der Waals surface area (Å²) in [5, 5.41) is 7.50. The van der Waals surface area contributed by atoms with Crippen molar-refractivity contribution in [2.24, 2.45) is 0 Å². The summed E-state index contributed by atoms with van der Waals surface area (Å²) in [5.41, 5.74) is -0.306. The van der Waals surface area contributed by atoms with Gasteiger partial charge < -0.3 is 10.2 Å². The number of hydrogen-bond acceptors (Lipinski definition) is 3. The number of H-pyrrole nitrogens is 2. The van der Waals surface area contributed by atoms with Crippen LogP contribution in [0.4, 0.5) is 4.79 Å². The number of nitrogens with zero attached hydrogens (tertiary/aromatic N) is 2. The van der Waals surface area contributed by atoms with Crippen LogP contribution in [-0.2, 0) is 6.54 Å². The lowest BCUT2D eigenvalue weighted by Crippen LogP contribution is -2.37. The summed E-state index contributed by atoms with van der Waals surface area (Å²) in [6.07, 6.45) is 0. The molecule has 0 aliphatic rings. The molecule has 1 aromatic rings. The Hall–Kier alpha value is -1.57. The van der Waals surface area contributed by atoms with E-state index in [-0.39, 0.29) is 11.7 Å². The maximum absolute atomic E-state index is 11.1. The van der Waals surface area contributed by atoms with Crippen LogP contribution in [0, 0.1) is 4.77 Å². The van der Waals surface area contributed by atoms with Gasteiger partial charge in [0.15, 0.2) is 4.77 Å². The molecule has 8 heteroatoms. The smallest absolute Gasteiger partial charge is 0.336 e. The molecule has 3 N–H and O–H groups in total. The molecule has 0 fully saturated rings. The van der Waals surface area contributed by atoms with Gasteiger partial charge in [0.1, 0.15) is 0 Å². The lowest BCUT2D eigenvalue weighted by Gasteiger charge is -2.11. The highest BCUT2D eigenvalue weighted by atomic mass is 32.1. The van der Waals surface area contributed by atoms with Crippen molar-refractivity contribution >= 4 is 18.2 Å². The summed E-state index contributed by atoms with van der Waals surface area (Å²) in [7, 11) is 3.29. The first-order valence-electron chi connectivity index (χ1n) is 4.35. The molecule has 0 saturated carbocycles. The molecule has 0 bridgehead atoms. The number of aromatic amines is 2. The summed E-state index contributed by atoms with van der Waals surface area (Å²) in [5.74, 6) is 0. The lowest BCUT2D eigenvalue weighted by atomic mass is 10.6. The SMILES string of the molecule is CN(C)C(=O)NCCn1c(=O)[nH][nH]c1=S. The Kier molecular flexibility index (Phi) is 3.67. The highest BCUT2D eigenvalue weighted by Gasteiger charge is 2.03. The molecule has 0 unspecified atom stereocenters. The zero-order valence-electron chi connectivity index (χ0n) is 8.53. The van der Waals surface area contributed by atoms with E-state index in [4.69, 9.17) is 12.2 Å². The maximum Gasteiger partial charge on any atom is 0.342 e. The van der Waals surface area contributed by atoms with Crippen LogP contribution in [0.1, 0.15) is 0 Å².